The summed E-state index contributed by atoms with van der Waals surface area (Å²) in [7, 11) is 0. The highest BCUT2D eigenvalue weighted by atomic mass is 35.5. The molecule has 0 aliphatic carbocycles. The minimum atomic E-state index is 0.312. The number of nitrogens with one attached hydrogen (secondary N) is 1. The van der Waals surface area contributed by atoms with E-state index in [0.717, 1.165) is 4.83 Å². The van der Waals surface area contributed by atoms with Crippen LogP contribution < -0.4 is 14.8 Å². The Kier molecular flexibility index (Phi) is 5.04. The molecule has 0 spiro atoms. The van der Waals surface area contributed by atoms with Crippen LogP contribution in [-0.4, -0.2) is 23.2 Å². The number of aromatic nitrogens is 2. The van der Waals surface area contributed by atoms with Gasteiger partial charge < -0.3 is 14.8 Å². The minimum absolute atomic E-state index is 0.312. The molecule has 0 atom stereocenters. The lowest BCUT2D eigenvalue weighted by Gasteiger charge is -2.06. The molecule has 6 nitrogen and oxygen atoms in total. The molecule has 3 aromatic heterocycles. The topological polar surface area (TPSA) is 80.1 Å². The molecule has 0 aliphatic heterocycles. The molecule has 3 aromatic rings. The standard InChI is InChI=1S/C15H13ClN4O2S2/c1-3-21-9-6-23-13(8(9)5-17)19-15-18-12(16)11-10(22-4-2)7-24-14(11)20-15/h6-7H,3-4H2,1-2H3,(H,18,19,20). The van der Waals surface area contributed by atoms with Gasteiger partial charge in [0.2, 0.25) is 5.95 Å². The number of hydrogen-bond acceptors (Lipinski definition) is 8. The van der Waals surface area contributed by atoms with E-state index in [0.29, 0.717) is 51.8 Å². The Labute approximate surface area is 151 Å². The fourth-order valence-electron chi connectivity index (χ4n) is 2.10. The average Bonchev–Trinajstić information content (AvgIpc) is 3.13. The average molecular weight is 381 g/mol. The van der Waals surface area contributed by atoms with Crippen molar-refractivity contribution in [2.24, 2.45) is 0 Å². The van der Waals surface area contributed by atoms with Crippen LogP contribution in [0.15, 0.2) is 10.8 Å². The summed E-state index contributed by atoms with van der Waals surface area (Å²) in [5, 5.41) is 17.7. The fourth-order valence-corrected chi connectivity index (χ4v) is 4.10. The van der Waals surface area contributed by atoms with E-state index in [1.54, 1.807) is 5.38 Å². The third kappa shape index (κ3) is 3.11. The molecule has 0 aromatic carbocycles. The number of ether oxygens (including phenoxy) is 2. The second kappa shape index (κ2) is 7.21. The lowest BCUT2D eigenvalue weighted by molar-refractivity contribution is 0.341. The molecule has 9 heteroatoms. The first-order valence-corrected chi connectivity index (χ1v) is 9.30. The SMILES string of the molecule is CCOc1csc(Nc2nc(Cl)c3c(OCC)csc3n2)c1C#N. The van der Waals surface area contributed by atoms with Gasteiger partial charge in [0, 0.05) is 10.8 Å². The van der Waals surface area contributed by atoms with Crippen LogP contribution in [0.4, 0.5) is 10.9 Å². The summed E-state index contributed by atoms with van der Waals surface area (Å²) in [5.74, 6) is 1.56. The van der Waals surface area contributed by atoms with Crippen molar-refractivity contribution in [2.45, 2.75) is 13.8 Å². The maximum atomic E-state index is 9.34. The van der Waals surface area contributed by atoms with E-state index in [2.05, 4.69) is 21.4 Å². The van der Waals surface area contributed by atoms with Gasteiger partial charge in [-0.25, -0.2) is 4.98 Å². The molecule has 0 amide bonds. The van der Waals surface area contributed by atoms with Gasteiger partial charge in [0.1, 0.15) is 38.1 Å². The van der Waals surface area contributed by atoms with Crippen molar-refractivity contribution < 1.29 is 9.47 Å². The maximum Gasteiger partial charge on any atom is 0.230 e. The Morgan fingerprint density at radius 2 is 1.88 bits per heavy atom. The molecule has 124 valence electrons. The molecule has 0 bridgehead atoms. The molecule has 0 fully saturated rings. The number of thiophene rings is 2. The number of rotatable bonds is 6. The Balaban J connectivity index is 1.95. The van der Waals surface area contributed by atoms with Crippen molar-refractivity contribution in [2.75, 3.05) is 18.5 Å². The lowest BCUT2D eigenvalue weighted by Crippen LogP contribution is -1.98. The second-order valence-corrected chi connectivity index (χ2v) is 6.62. The summed E-state index contributed by atoms with van der Waals surface area (Å²) in [6, 6.07) is 2.14. The Bertz CT molecular complexity index is 916. The van der Waals surface area contributed by atoms with Gasteiger partial charge in [-0.15, -0.1) is 22.7 Å². The first-order chi connectivity index (χ1) is 11.7. The molecule has 0 aliphatic rings. The van der Waals surface area contributed by atoms with Gasteiger partial charge in [-0.2, -0.15) is 10.2 Å². The van der Waals surface area contributed by atoms with Crippen LogP contribution in [0.5, 0.6) is 11.5 Å². The Morgan fingerprint density at radius 1 is 1.17 bits per heavy atom. The summed E-state index contributed by atoms with van der Waals surface area (Å²) in [6.07, 6.45) is 0. The quantitative estimate of drug-likeness (QED) is 0.617. The normalized spacial score (nSPS) is 10.6. The minimum Gasteiger partial charge on any atom is -0.492 e. The zero-order chi connectivity index (χ0) is 17.1. The van der Waals surface area contributed by atoms with E-state index < -0.39 is 0 Å². The molecule has 0 saturated heterocycles. The second-order valence-electron chi connectivity index (χ2n) is 4.53. The van der Waals surface area contributed by atoms with Gasteiger partial charge in [0.25, 0.3) is 0 Å². The molecule has 0 unspecified atom stereocenters. The van der Waals surface area contributed by atoms with Crippen molar-refractivity contribution in [3.63, 3.8) is 0 Å². The first-order valence-electron chi connectivity index (χ1n) is 7.16. The van der Waals surface area contributed by atoms with Crippen LogP contribution in [0.25, 0.3) is 10.2 Å². The van der Waals surface area contributed by atoms with E-state index in [1.807, 2.05) is 19.2 Å². The first kappa shape index (κ1) is 16.8. The molecule has 24 heavy (non-hydrogen) atoms. The van der Waals surface area contributed by atoms with Crippen molar-refractivity contribution in [3.8, 4) is 17.6 Å². The predicted octanol–water partition coefficient (Wildman–Crippen LogP) is 4.82. The number of halogens is 1. The lowest BCUT2D eigenvalue weighted by atomic mass is 10.3. The third-order valence-electron chi connectivity index (χ3n) is 3.05. The maximum absolute atomic E-state index is 9.34. The largest absolute Gasteiger partial charge is 0.492 e. The summed E-state index contributed by atoms with van der Waals surface area (Å²) in [6.45, 7) is 4.82. The van der Waals surface area contributed by atoms with Crippen LogP contribution in [0.3, 0.4) is 0 Å². The highest BCUT2D eigenvalue weighted by molar-refractivity contribution is 7.17. The molecule has 1 N–H and O–H groups in total. The fraction of sp³-hybridized carbons (Fsp3) is 0.267. The van der Waals surface area contributed by atoms with E-state index in [-0.39, 0.29) is 0 Å². The van der Waals surface area contributed by atoms with Gasteiger partial charge in [0.15, 0.2) is 0 Å². The van der Waals surface area contributed by atoms with Crippen molar-refractivity contribution in [1.82, 2.24) is 9.97 Å². The van der Waals surface area contributed by atoms with Gasteiger partial charge in [-0.1, -0.05) is 11.6 Å². The summed E-state index contributed by atoms with van der Waals surface area (Å²) in [4.78, 5) is 9.45. The summed E-state index contributed by atoms with van der Waals surface area (Å²) in [5.41, 5.74) is 0.433. The Morgan fingerprint density at radius 3 is 2.58 bits per heavy atom. The van der Waals surface area contributed by atoms with Crippen LogP contribution in [0.2, 0.25) is 5.15 Å². The van der Waals surface area contributed by atoms with E-state index in [1.165, 1.54) is 22.7 Å². The van der Waals surface area contributed by atoms with Gasteiger partial charge in [0.05, 0.1) is 18.6 Å². The molecule has 0 radical (unpaired) electrons. The molecular formula is C15H13ClN4O2S2. The number of nitrogens with zero attached hydrogens (tertiary/aromatic N) is 3. The molecular weight excluding hydrogens is 368 g/mol. The van der Waals surface area contributed by atoms with Crippen LogP contribution in [0.1, 0.15) is 19.4 Å². The van der Waals surface area contributed by atoms with E-state index in [9.17, 15) is 5.26 Å². The highest BCUT2D eigenvalue weighted by Gasteiger charge is 2.17. The van der Waals surface area contributed by atoms with Crippen LogP contribution >= 0.6 is 34.3 Å². The number of fused-ring (bicyclic) bond motifs is 1. The molecule has 3 rings (SSSR count). The van der Waals surface area contributed by atoms with Gasteiger partial charge in [-0.3, -0.25) is 0 Å². The predicted molar refractivity (Wildman–Crippen MR) is 97.1 cm³/mol. The molecule has 0 saturated carbocycles. The van der Waals surface area contributed by atoms with Crippen molar-refractivity contribution in [3.05, 3.63) is 21.5 Å². The van der Waals surface area contributed by atoms with Gasteiger partial charge >= 0.3 is 0 Å². The van der Waals surface area contributed by atoms with Crippen LogP contribution in [0, 0.1) is 11.3 Å². The summed E-state index contributed by atoms with van der Waals surface area (Å²) >= 11 is 9.07. The Hall–Kier alpha value is -2.08. The number of hydrogen-bond donors (Lipinski definition) is 1. The zero-order valence-electron chi connectivity index (χ0n) is 12.9. The van der Waals surface area contributed by atoms with Crippen LogP contribution in [-0.2, 0) is 0 Å². The van der Waals surface area contributed by atoms with E-state index in [4.69, 9.17) is 21.1 Å². The van der Waals surface area contributed by atoms with E-state index >= 15 is 0 Å². The van der Waals surface area contributed by atoms with Crippen molar-refractivity contribution in [1.29, 1.82) is 5.26 Å². The number of anilines is 2. The van der Waals surface area contributed by atoms with Crippen molar-refractivity contribution >= 4 is 55.4 Å². The zero-order valence-corrected chi connectivity index (χ0v) is 15.3. The smallest absolute Gasteiger partial charge is 0.230 e. The molecule has 3 heterocycles. The monoisotopic (exact) mass is 380 g/mol. The van der Waals surface area contributed by atoms with Gasteiger partial charge in [-0.05, 0) is 13.8 Å². The summed E-state index contributed by atoms with van der Waals surface area (Å²) < 4.78 is 11.0. The highest BCUT2D eigenvalue weighted by Crippen LogP contribution is 2.38. The number of nitriles is 1. The third-order valence-corrected chi connectivity index (χ3v) is 5.05.